The third-order valence-electron chi connectivity index (χ3n) is 4.68. The Kier molecular flexibility index (Phi) is 4.82. The molecular formula is C18H19N5O5S. The van der Waals surface area contributed by atoms with Gasteiger partial charge in [0.25, 0.3) is 5.56 Å². The molecule has 1 N–H and O–H groups in total. The lowest BCUT2D eigenvalue weighted by Gasteiger charge is -2.07. The zero-order valence-corrected chi connectivity index (χ0v) is 16.9. The topological polar surface area (TPSA) is 109 Å². The van der Waals surface area contributed by atoms with Gasteiger partial charge in [0, 0.05) is 27.7 Å². The number of carbonyl (C=O) groups excluding carboxylic acids is 1. The minimum atomic E-state index is -0.460. The van der Waals surface area contributed by atoms with Crippen molar-refractivity contribution in [2.75, 3.05) is 12.5 Å². The number of carbonyl (C=O) groups is 1. The van der Waals surface area contributed by atoms with E-state index in [0.717, 1.165) is 10.1 Å². The summed E-state index contributed by atoms with van der Waals surface area (Å²) in [6.07, 6.45) is 0. The van der Waals surface area contributed by atoms with Crippen molar-refractivity contribution in [2.24, 2.45) is 21.1 Å². The second-order valence-corrected chi connectivity index (χ2v) is 7.53. The lowest BCUT2D eigenvalue weighted by molar-refractivity contribution is -0.118. The molecule has 152 valence electrons. The molecule has 4 rings (SSSR count). The first-order chi connectivity index (χ1) is 13.9. The zero-order chi connectivity index (χ0) is 20.7. The number of hydrogen-bond acceptors (Lipinski definition) is 7. The Labute approximate surface area is 169 Å². The fourth-order valence-electron chi connectivity index (χ4n) is 3.12. The summed E-state index contributed by atoms with van der Waals surface area (Å²) in [6, 6.07) is 5.50. The van der Waals surface area contributed by atoms with E-state index in [0.29, 0.717) is 28.8 Å². The molecule has 0 fully saturated rings. The van der Waals surface area contributed by atoms with E-state index in [1.165, 1.54) is 23.4 Å². The number of thioether (sulfide) groups is 1. The first-order valence-corrected chi connectivity index (χ1v) is 9.76. The van der Waals surface area contributed by atoms with E-state index in [-0.39, 0.29) is 24.0 Å². The minimum absolute atomic E-state index is 0.121. The van der Waals surface area contributed by atoms with Crippen molar-refractivity contribution in [1.29, 1.82) is 0 Å². The van der Waals surface area contributed by atoms with Crippen LogP contribution in [0, 0.1) is 0 Å². The number of benzene rings is 1. The molecule has 0 radical (unpaired) electrons. The van der Waals surface area contributed by atoms with E-state index in [4.69, 9.17) is 9.47 Å². The molecular weight excluding hydrogens is 398 g/mol. The van der Waals surface area contributed by atoms with E-state index >= 15 is 0 Å². The molecule has 0 spiro atoms. The van der Waals surface area contributed by atoms with Gasteiger partial charge < -0.3 is 19.4 Å². The molecule has 3 heterocycles. The highest BCUT2D eigenvalue weighted by Crippen LogP contribution is 2.32. The van der Waals surface area contributed by atoms with Crippen molar-refractivity contribution < 1.29 is 14.3 Å². The molecule has 1 aromatic carbocycles. The fourth-order valence-corrected chi connectivity index (χ4v) is 3.92. The van der Waals surface area contributed by atoms with Crippen LogP contribution in [-0.4, -0.2) is 37.1 Å². The monoisotopic (exact) mass is 417 g/mol. The SMILES string of the molecule is Cn1c(=O)c2nc(SCC(=O)NCc3ccc4c(c3)OCO4)n(C)c2n(C)c1=O. The van der Waals surface area contributed by atoms with Gasteiger partial charge in [-0.05, 0) is 17.7 Å². The Morgan fingerprint density at radius 1 is 1.14 bits per heavy atom. The van der Waals surface area contributed by atoms with Crippen LogP contribution in [0.15, 0.2) is 32.9 Å². The van der Waals surface area contributed by atoms with E-state index in [2.05, 4.69) is 10.3 Å². The molecule has 0 saturated heterocycles. The molecule has 0 bridgehead atoms. The van der Waals surface area contributed by atoms with Gasteiger partial charge in [-0.25, -0.2) is 9.78 Å². The highest BCUT2D eigenvalue weighted by atomic mass is 32.2. The lowest BCUT2D eigenvalue weighted by atomic mass is 10.2. The first-order valence-electron chi connectivity index (χ1n) is 8.77. The molecule has 2 aromatic heterocycles. The quantitative estimate of drug-likeness (QED) is 0.587. The van der Waals surface area contributed by atoms with Gasteiger partial charge in [0.05, 0.1) is 5.75 Å². The Morgan fingerprint density at radius 3 is 2.69 bits per heavy atom. The predicted octanol–water partition coefficient (Wildman–Crippen LogP) is 0.108. The van der Waals surface area contributed by atoms with Crippen molar-refractivity contribution in [2.45, 2.75) is 11.7 Å². The smallest absolute Gasteiger partial charge is 0.332 e. The van der Waals surface area contributed by atoms with E-state index in [9.17, 15) is 14.4 Å². The average Bonchev–Trinajstić information content (AvgIpc) is 3.31. The summed E-state index contributed by atoms with van der Waals surface area (Å²) in [5.41, 5.74) is 0.622. The summed E-state index contributed by atoms with van der Waals surface area (Å²) >= 11 is 1.20. The second-order valence-electron chi connectivity index (χ2n) is 6.58. The average molecular weight is 417 g/mol. The highest BCUT2D eigenvalue weighted by Gasteiger charge is 2.18. The van der Waals surface area contributed by atoms with Crippen molar-refractivity contribution in [3.63, 3.8) is 0 Å². The maximum absolute atomic E-state index is 12.3. The Morgan fingerprint density at radius 2 is 1.90 bits per heavy atom. The summed E-state index contributed by atoms with van der Waals surface area (Å²) < 4.78 is 14.6. The van der Waals surface area contributed by atoms with Crippen molar-refractivity contribution in [1.82, 2.24) is 24.0 Å². The Balaban J connectivity index is 1.44. The van der Waals surface area contributed by atoms with E-state index in [1.807, 2.05) is 18.2 Å². The van der Waals surface area contributed by atoms with Gasteiger partial charge in [-0.2, -0.15) is 0 Å². The number of rotatable bonds is 5. The Hall–Kier alpha value is -3.21. The number of imidazole rings is 1. The van der Waals surface area contributed by atoms with Gasteiger partial charge in [-0.15, -0.1) is 0 Å². The molecule has 0 aliphatic carbocycles. The number of ether oxygens (including phenoxy) is 2. The normalized spacial score (nSPS) is 12.5. The van der Waals surface area contributed by atoms with Gasteiger partial charge in [0.1, 0.15) is 0 Å². The lowest BCUT2D eigenvalue weighted by Crippen LogP contribution is -2.37. The number of amides is 1. The third-order valence-corrected chi connectivity index (χ3v) is 5.71. The molecule has 11 heteroatoms. The van der Waals surface area contributed by atoms with Crippen LogP contribution >= 0.6 is 11.8 Å². The molecule has 29 heavy (non-hydrogen) atoms. The van der Waals surface area contributed by atoms with Gasteiger partial charge >= 0.3 is 5.69 Å². The number of nitrogens with zero attached hydrogens (tertiary/aromatic N) is 4. The van der Waals surface area contributed by atoms with E-state index < -0.39 is 11.2 Å². The molecule has 1 amide bonds. The highest BCUT2D eigenvalue weighted by molar-refractivity contribution is 7.99. The standard InChI is InChI=1S/C18H19N5O5S/c1-21-15-14(16(25)23(3)18(26)22(15)2)20-17(21)29-8-13(24)19-7-10-4-5-11-12(6-10)28-9-27-11/h4-6H,7-9H2,1-3H3,(H,19,24). The molecule has 0 unspecified atom stereocenters. The van der Waals surface area contributed by atoms with Gasteiger partial charge in [-0.1, -0.05) is 17.8 Å². The third kappa shape index (κ3) is 3.37. The van der Waals surface area contributed by atoms with Crippen LogP contribution in [0.25, 0.3) is 11.2 Å². The first kappa shape index (κ1) is 19.1. The zero-order valence-electron chi connectivity index (χ0n) is 16.1. The minimum Gasteiger partial charge on any atom is -0.454 e. The maximum atomic E-state index is 12.3. The number of nitrogens with one attached hydrogen (secondary N) is 1. The number of fused-ring (bicyclic) bond motifs is 2. The molecule has 0 atom stereocenters. The fraction of sp³-hybridized carbons (Fsp3) is 0.333. The van der Waals surface area contributed by atoms with Crippen LogP contribution in [0.1, 0.15) is 5.56 Å². The molecule has 1 aliphatic rings. The summed E-state index contributed by atoms with van der Waals surface area (Å²) in [6.45, 7) is 0.558. The number of aryl methyl sites for hydroxylation is 2. The van der Waals surface area contributed by atoms with Crippen LogP contribution in [0.2, 0.25) is 0 Å². The summed E-state index contributed by atoms with van der Waals surface area (Å²) in [4.78, 5) is 41.0. The predicted molar refractivity (Wildman–Crippen MR) is 106 cm³/mol. The van der Waals surface area contributed by atoms with Gasteiger partial charge in [0.2, 0.25) is 12.7 Å². The maximum Gasteiger partial charge on any atom is 0.332 e. The largest absolute Gasteiger partial charge is 0.454 e. The van der Waals surface area contributed by atoms with Crippen molar-refractivity contribution >= 4 is 28.8 Å². The van der Waals surface area contributed by atoms with Crippen LogP contribution in [-0.2, 0) is 32.5 Å². The van der Waals surface area contributed by atoms with Crippen LogP contribution in [0.5, 0.6) is 11.5 Å². The summed E-state index contributed by atoms with van der Waals surface area (Å²) in [5, 5.41) is 3.32. The molecule has 3 aromatic rings. The number of hydrogen-bond donors (Lipinski definition) is 1. The Bertz CT molecular complexity index is 1240. The van der Waals surface area contributed by atoms with Crippen LogP contribution in [0.4, 0.5) is 0 Å². The summed E-state index contributed by atoms with van der Waals surface area (Å²) in [5.74, 6) is 1.30. The molecule has 0 saturated carbocycles. The number of aromatic nitrogens is 4. The molecule has 10 nitrogen and oxygen atoms in total. The van der Waals surface area contributed by atoms with E-state index in [1.54, 1.807) is 18.7 Å². The van der Waals surface area contributed by atoms with Crippen molar-refractivity contribution in [3.8, 4) is 11.5 Å². The van der Waals surface area contributed by atoms with Gasteiger partial charge in [0.15, 0.2) is 27.8 Å². The summed E-state index contributed by atoms with van der Waals surface area (Å²) in [7, 11) is 4.70. The van der Waals surface area contributed by atoms with Gasteiger partial charge in [-0.3, -0.25) is 18.7 Å². The second kappa shape index (κ2) is 7.32. The van der Waals surface area contributed by atoms with Crippen molar-refractivity contribution in [3.05, 3.63) is 44.6 Å². The van der Waals surface area contributed by atoms with Crippen LogP contribution < -0.4 is 26.0 Å². The van der Waals surface area contributed by atoms with Crippen LogP contribution in [0.3, 0.4) is 0 Å². The molecule has 1 aliphatic heterocycles.